The van der Waals surface area contributed by atoms with Crippen LogP contribution in [0.25, 0.3) is 6.08 Å². The predicted octanol–water partition coefficient (Wildman–Crippen LogP) is 3.96. The summed E-state index contributed by atoms with van der Waals surface area (Å²) < 4.78 is 10.8. The SMILES string of the molecule is COc1cc2c(cc1OC)CCC(O)(C#CCN(C)CC=Cc1ccccc1)CC2. The Balaban J connectivity index is 1.57. The highest BCUT2D eigenvalue weighted by molar-refractivity contribution is 5.49. The molecule has 1 N–H and O–H groups in total. The van der Waals surface area contributed by atoms with Gasteiger partial charge in [0.2, 0.25) is 0 Å². The van der Waals surface area contributed by atoms with Gasteiger partial charge in [0, 0.05) is 6.54 Å². The average molecular weight is 406 g/mol. The lowest BCUT2D eigenvalue weighted by atomic mass is 9.94. The van der Waals surface area contributed by atoms with E-state index in [9.17, 15) is 5.11 Å². The summed E-state index contributed by atoms with van der Waals surface area (Å²) in [5.74, 6) is 7.80. The summed E-state index contributed by atoms with van der Waals surface area (Å²) in [6.45, 7) is 1.43. The zero-order chi connectivity index (χ0) is 21.4. The molecule has 4 nitrogen and oxygen atoms in total. The number of fused-ring (bicyclic) bond motifs is 1. The van der Waals surface area contributed by atoms with Crippen LogP contribution in [0, 0.1) is 11.8 Å². The first kappa shape index (κ1) is 22.0. The quantitative estimate of drug-likeness (QED) is 0.583. The van der Waals surface area contributed by atoms with E-state index in [-0.39, 0.29) is 0 Å². The molecule has 1 aliphatic carbocycles. The molecule has 2 aromatic rings. The number of ether oxygens (including phenoxy) is 2. The van der Waals surface area contributed by atoms with Crippen molar-refractivity contribution in [2.45, 2.75) is 31.3 Å². The Bertz CT molecular complexity index is 890. The molecule has 30 heavy (non-hydrogen) atoms. The van der Waals surface area contributed by atoms with Crippen LogP contribution < -0.4 is 9.47 Å². The van der Waals surface area contributed by atoms with Gasteiger partial charge in [-0.1, -0.05) is 54.3 Å². The maximum Gasteiger partial charge on any atom is 0.161 e. The first-order chi connectivity index (χ1) is 14.5. The van der Waals surface area contributed by atoms with Crippen LogP contribution in [0.15, 0.2) is 48.5 Å². The van der Waals surface area contributed by atoms with Gasteiger partial charge in [0.15, 0.2) is 11.5 Å². The molecule has 1 aliphatic rings. The van der Waals surface area contributed by atoms with Gasteiger partial charge < -0.3 is 14.6 Å². The monoisotopic (exact) mass is 405 g/mol. The van der Waals surface area contributed by atoms with Gasteiger partial charge >= 0.3 is 0 Å². The molecule has 158 valence electrons. The molecule has 0 saturated heterocycles. The Morgan fingerprint density at radius 2 is 1.63 bits per heavy atom. The van der Waals surface area contributed by atoms with Crippen LogP contribution in [0.5, 0.6) is 11.5 Å². The Morgan fingerprint density at radius 3 is 2.20 bits per heavy atom. The topological polar surface area (TPSA) is 41.9 Å². The van der Waals surface area contributed by atoms with Crippen LogP contribution in [0.2, 0.25) is 0 Å². The van der Waals surface area contributed by atoms with Gasteiger partial charge in [0.25, 0.3) is 0 Å². The lowest BCUT2D eigenvalue weighted by molar-refractivity contribution is 0.0856. The van der Waals surface area contributed by atoms with Gasteiger partial charge in [-0.05, 0) is 61.6 Å². The maximum absolute atomic E-state index is 11.0. The highest BCUT2D eigenvalue weighted by Crippen LogP contribution is 2.35. The predicted molar refractivity (Wildman–Crippen MR) is 122 cm³/mol. The summed E-state index contributed by atoms with van der Waals surface area (Å²) in [7, 11) is 5.33. The summed E-state index contributed by atoms with van der Waals surface area (Å²) in [6, 6.07) is 14.3. The van der Waals surface area contributed by atoms with E-state index in [0.717, 1.165) is 30.9 Å². The van der Waals surface area contributed by atoms with E-state index in [1.54, 1.807) is 14.2 Å². The average Bonchev–Trinajstić information content (AvgIpc) is 2.92. The molecule has 0 fully saturated rings. The number of nitrogens with zero attached hydrogens (tertiary/aromatic N) is 1. The van der Waals surface area contributed by atoms with E-state index < -0.39 is 5.60 Å². The molecule has 0 radical (unpaired) electrons. The van der Waals surface area contributed by atoms with Crippen LogP contribution in [0.1, 0.15) is 29.5 Å². The minimum Gasteiger partial charge on any atom is -0.493 e. The number of benzene rings is 2. The van der Waals surface area contributed by atoms with Gasteiger partial charge in [0.1, 0.15) is 5.60 Å². The Hall–Kier alpha value is -2.74. The molecule has 0 amide bonds. The smallest absolute Gasteiger partial charge is 0.161 e. The van der Waals surface area contributed by atoms with Crippen LogP contribution in [0.4, 0.5) is 0 Å². The van der Waals surface area contributed by atoms with Crippen molar-refractivity contribution in [3.63, 3.8) is 0 Å². The van der Waals surface area contributed by atoms with E-state index in [1.165, 1.54) is 16.7 Å². The van der Waals surface area contributed by atoms with Crippen LogP contribution in [-0.4, -0.2) is 50.0 Å². The fraction of sp³-hybridized carbons (Fsp3) is 0.385. The normalized spacial score (nSPS) is 15.2. The van der Waals surface area contributed by atoms with Crippen LogP contribution >= 0.6 is 0 Å². The van der Waals surface area contributed by atoms with E-state index in [2.05, 4.69) is 41.0 Å². The van der Waals surface area contributed by atoms with Crippen molar-refractivity contribution in [3.05, 3.63) is 65.2 Å². The molecule has 0 saturated carbocycles. The highest BCUT2D eigenvalue weighted by Gasteiger charge is 2.28. The number of rotatable bonds is 6. The highest BCUT2D eigenvalue weighted by atomic mass is 16.5. The molecule has 0 aromatic heterocycles. The summed E-state index contributed by atoms with van der Waals surface area (Å²) in [5.41, 5.74) is 2.64. The third-order valence-electron chi connectivity index (χ3n) is 5.52. The number of hydrogen-bond donors (Lipinski definition) is 1. The van der Waals surface area contributed by atoms with Gasteiger partial charge in [-0.2, -0.15) is 0 Å². The Labute approximate surface area is 180 Å². The molecule has 0 unspecified atom stereocenters. The maximum atomic E-state index is 11.0. The third-order valence-corrected chi connectivity index (χ3v) is 5.52. The van der Waals surface area contributed by atoms with Crippen molar-refractivity contribution in [3.8, 4) is 23.3 Å². The summed E-state index contributed by atoms with van der Waals surface area (Å²) in [5, 5.41) is 11.0. The lowest BCUT2D eigenvalue weighted by Gasteiger charge is -2.19. The largest absolute Gasteiger partial charge is 0.493 e. The molecular weight excluding hydrogens is 374 g/mol. The second kappa shape index (κ2) is 10.3. The summed E-state index contributed by atoms with van der Waals surface area (Å²) >= 11 is 0. The molecular formula is C26H31NO3. The Kier molecular flexibility index (Phi) is 7.57. The van der Waals surface area contributed by atoms with E-state index in [1.807, 2.05) is 37.4 Å². The molecule has 0 aliphatic heterocycles. The zero-order valence-corrected chi connectivity index (χ0v) is 18.1. The molecule has 3 rings (SSSR count). The first-order valence-electron chi connectivity index (χ1n) is 10.4. The van der Waals surface area contributed by atoms with E-state index in [4.69, 9.17) is 9.47 Å². The van der Waals surface area contributed by atoms with Gasteiger partial charge in [0.05, 0.1) is 20.8 Å². The number of aryl methyl sites for hydroxylation is 2. The molecule has 4 heteroatoms. The van der Waals surface area contributed by atoms with Gasteiger partial charge in [-0.15, -0.1) is 0 Å². The zero-order valence-electron chi connectivity index (χ0n) is 18.1. The molecule has 2 aromatic carbocycles. The number of methoxy groups -OCH3 is 2. The van der Waals surface area contributed by atoms with Crippen molar-refractivity contribution in [1.82, 2.24) is 4.90 Å². The minimum absolute atomic E-state index is 0.621. The second-order valence-corrected chi connectivity index (χ2v) is 7.82. The fourth-order valence-electron chi connectivity index (χ4n) is 3.70. The summed E-state index contributed by atoms with van der Waals surface area (Å²) in [4.78, 5) is 2.14. The summed E-state index contributed by atoms with van der Waals surface area (Å²) in [6.07, 6.45) is 7.05. The second-order valence-electron chi connectivity index (χ2n) is 7.82. The van der Waals surface area contributed by atoms with Crippen molar-refractivity contribution in [2.75, 3.05) is 34.4 Å². The Morgan fingerprint density at radius 1 is 1.03 bits per heavy atom. The van der Waals surface area contributed by atoms with Crippen LogP contribution in [0.3, 0.4) is 0 Å². The van der Waals surface area contributed by atoms with Crippen molar-refractivity contribution in [2.24, 2.45) is 0 Å². The van der Waals surface area contributed by atoms with Gasteiger partial charge in [-0.3, -0.25) is 4.90 Å². The van der Waals surface area contributed by atoms with E-state index in [0.29, 0.717) is 19.4 Å². The van der Waals surface area contributed by atoms with Gasteiger partial charge in [-0.25, -0.2) is 0 Å². The van der Waals surface area contributed by atoms with Crippen molar-refractivity contribution >= 4 is 6.08 Å². The molecule has 0 bridgehead atoms. The number of aliphatic hydroxyl groups is 1. The van der Waals surface area contributed by atoms with Crippen molar-refractivity contribution in [1.29, 1.82) is 0 Å². The van der Waals surface area contributed by atoms with E-state index >= 15 is 0 Å². The fourth-order valence-corrected chi connectivity index (χ4v) is 3.70. The molecule has 0 heterocycles. The van der Waals surface area contributed by atoms with Crippen molar-refractivity contribution < 1.29 is 14.6 Å². The van der Waals surface area contributed by atoms with Crippen LogP contribution in [-0.2, 0) is 12.8 Å². The molecule has 0 atom stereocenters. The number of likely N-dealkylation sites (N-methyl/N-ethyl adjacent to an activating group) is 1. The molecule has 0 spiro atoms. The standard InChI is InChI=1S/C26H31NO3/c1-27(17-7-11-21-9-5-4-6-10-21)18-8-14-26(28)15-12-22-19-24(29-2)25(30-3)20-23(22)13-16-26/h4-7,9-11,19-20,28H,12-13,15-18H2,1-3H3. The number of hydrogen-bond acceptors (Lipinski definition) is 4. The minimum atomic E-state index is -0.958. The lowest BCUT2D eigenvalue weighted by Crippen LogP contribution is -2.27. The first-order valence-corrected chi connectivity index (χ1v) is 10.4. The third kappa shape index (κ3) is 5.89.